The molecule has 31 heavy (non-hydrogen) atoms. The minimum absolute atomic E-state index is 0.0537. The first-order chi connectivity index (χ1) is 14.5. The Labute approximate surface area is 174 Å². The van der Waals surface area contributed by atoms with Crippen LogP contribution < -0.4 is 15.4 Å². The molecule has 2 aromatic heterocycles. The molecule has 0 aliphatic rings. The summed E-state index contributed by atoms with van der Waals surface area (Å²) in [7, 11) is 3.26. The first kappa shape index (κ1) is 21.9. The molecule has 3 rings (SSSR count). The molecule has 1 aromatic carbocycles. The molecule has 0 saturated carbocycles. The third-order valence-corrected chi connectivity index (χ3v) is 4.38. The molecule has 9 nitrogen and oxygen atoms in total. The van der Waals surface area contributed by atoms with E-state index in [-0.39, 0.29) is 22.7 Å². The van der Waals surface area contributed by atoms with Crippen LogP contribution in [0.25, 0.3) is 0 Å². The van der Waals surface area contributed by atoms with E-state index < -0.39 is 24.6 Å². The van der Waals surface area contributed by atoms with Crippen LogP contribution in [0.15, 0.2) is 36.7 Å². The molecule has 0 aliphatic heterocycles. The standard InChI is InChI=1S/C19H19F3N6O3/c1-11-14(8-23-27(11)2)25-18(30)16-15(9-24-28(16)3)26-17(29)12-5-4-6-13(7-12)31-10-19(20,21)22/h4-9H,10H2,1-3H3,(H,25,30)(H,26,29). The van der Waals surface area contributed by atoms with E-state index in [1.807, 2.05) is 0 Å². The Hall–Kier alpha value is -3.83. The van der Waals surface area contributed by atoms with Gasteiger partial charge in [-0.15, -0.1) is 0 Å². The molecular weight excluding hydrogens is 417 g/mol. The van der Waals surface area contributed by atoms with Gasteiger partial charge in [-0.1, -0.05) is 6.07 Å². The fourth-order valence-electron chi connectivity index (χ4n) is 2.69. The first-order valence-corrected chi connectivity index (χ1v) is 8.98. The van der Waals surface area contributed by atoms with Crippen LogP contribution >= 0.6 is 0 Å². The number of rotatable bonds is 6. The Morgan fingerprint density at radius 1 is 1.03 bits per heavy atom. The van der Waals surface area contributed by atoms with Gasteiger partial charge in [-0.2, -0.15) is 23.4 Å². The zero-order chi connectivity index (χ0) is 22.8. The van der Waals surface area contributed by atoms with E-state index in [0.29, 0.717) is 5.69 Å². The number of alkyl halides is 3. The second-order valence-electron chi connectivity index (χ2n) is 6.64. The van der Waals surface area contributed by atoms with Gasteiger partial charge >= 0.3 is 6.18 Å². The molecule has 164 valence electrons. The SMILES string of the molecule is Cc1c(NC(=O)c2c(NC(=O)c3cccc(OCC(F)(F)F)c3)cnn2C)cnn1C. The summed E-state index contributed by atoms with van der Waals surface area (Å²) in [5.74, 6) is -1.27. The summed E-state index contributed by atoms with van der Waals surface area (Å²) >= 11 is 0. The molecule has 0 atom stereocenters. The quantitative estimate of drug-likeness (QED) is 0.619. The lowest BCUT2D eigenvalue weighted by Crippen LogP contribution is -2.21. The van der Waals surface area contributed by atoms with Gasteiger partial charge in [-0.05, 0) is 25.1 Å². The summed E-state index contributed by atoms with van der Waals surface area (Å²) in [5.41, 5.74) is 1.50. The van der Waals surface area contributed by atoms with Gasteiger partial charge in [0, 0.05) is 19.7 Å². The van der Waals surface area contributed by atoms with Crippen LogP contribution in [0, 0.1) is 6.92 Å². The van der Waals surface area contributed by atoms with E-state index in [1.165, 1.54) is 48.4 Å². The van der Waals surface area contributed by atoms with E-state index in [2.05, 4.69) is 25.6 Å². The second-order valence-corrected chi connectivity index (χ2v) is 6.64. The number of nitrogens with zero attached hydrogens (tertiary/aromatic N) is 4. The first-order valence-electron chi connectivity index (χ1n) is 8.98. The lowest BCUT2D eigenvalue weighted by Gasteiger charge is -2.11. The van der Waals surface area contributed by atoms with Crippen LogP contribution in [0.2, 0.25) is 0 Å². The number of nitrogens with one attached hydrogen (secondary N) is 2. The maximum atomic E-state index is 12.7. The van der Waals surface area contributed by atoms with Crippen LogP contribution in [0.3, 0.4) is 0 Å². The Kier molecular flexibility index (Phi) is 5.99. The molecule has 0 unspecified atom stereocenters. The smallest absolute Gasteiger partial charge is 0.422 e. The molecule has 2 heterocycles. The number of ether oxygens (including phenoxy) is 1. The van der Waals surface area contributed by atoms with E-state index in [0.717, 1.165) is 5.69 Å². The molecule has 0 fully saturated rings. The van der Waals surface area contributed by atoms with Gasteiger partial charge in [0.2, 0.25) is 0 Å². The number of halogens is 3. The van der Waals surface area contributed by atoms with Crippen molar-refractivity contribution in [3.8, 4) is 5.75 Å². The van der Waals surface area contributed by atoms with Crippen molar-refractivity contribution in [3.05, 3.63) is 53.6 Å². The van der Waals surface area contributed by atoms with Crippen molar-refractivity contribution < 1.29 is 27.5 Å². The maximum Gasteiger partial charge on any atom is 0.422 e. The molecule has 0 saturated heterocycles. The molecule has 0 spiro atoms. The minimum Gasteiger partial charge on any atom is -0.484 e. The summed E-state index contributed by atoms with van der Waals surface area (Å²) < 4.78 is 44.6. The highest BCUT2D eigenvalue weighted by molar-refractivity contribution is 6.11. The predicted octanol–water partition coefficient (Wildman–Crippen LogP) is 2.91. The van der Waals surface area contributed by atoms with Crippen LogP contribution in [-0.2, 0) is 14.1 Å². The van der Waals surface area contributed by atoms with Gasteiger partial charge in [0.05, 0.1) is 29.5 Å². The van der Waals surface area contributed by atoms with Gasteiger partial charge in [-0.25, -0.2) is 0 Å². The number of hydrogen-bond acceptors (Lipinski definition) is 5. The largest absolute Gasteiger partial charge is 0.484 e. The highest BCUT2D eigenvalue weighted by Crippen LogP contribution is 2.22. The number of aromatic nitrogens is 4. The van der Waals surface area contributed by atoms with Crippen molar-refractivity contribution >= 4 is 23.2 Å². The third kappa shape index (κ3) is 5.21. The van der Waals surface area contributed by atoms with Gasteiger partial charge in [-0.3, -0.25) is 19.0 Å². The average molecular weight is 436 g/mol. The topological polar surface area (TPSA) is 103 Å². The van der Waals surface area contributed by atoms with Crippen molar-refractivity contribution in [2.24, 2.45) is 14.1 Å². The van der Waals surface area contributed by atoms with Crippen LogP contribution in [0.1, 0.15) is 26.5 Å². The summed E-state index contributed by atoms with van der Waals surface area (Å²) in [6.45, 7) is 0.307. The number of carbonyl (C=O) groups excluding carboxylic acids is 2. The fraction of sp³-hybridized carbons (Fsp3) is 0.263. The molecule has 0 radical (unpaired) electrons. The number of hydrogen-bond donors (Lipinski definition) is 2. The number of anilines is 2. The van der Waals surface area contributed by atoms with Crippen molar-refractivity contribution in [3.63, 3.8) is 0 Å². The van der Waals surface area contributed by atoms with Gasteiger partial charge < -0.3 is 15.4 Å². The van der Waals surface area contributed by atoms with Crippen molar-refractivity contribution in [2.75, 3.05) is 17.2 Å². The summed E-state index contributed by atoms with van der Waals surface area (Å²) in [5, 5.41) is 13.3. The zero-order valence-corrected chi connectivity index (χ0v) is 16.8. The Morgan fingerprint density at radius 2 is 1.68 bits per heavy atom. The number of aryl methyl sites for hydroxylation is 2. The molecule has 0 bridgehead atoms. The van der Waals surface area contributed by atoms with Crippen molar-refractivity contribution in [1.82, 2.24) is 19.6 Å². The monoisotopic (exact) mass is 436 g/mol. The number of amides is 2. The van der Waals surface area contributed by atoms with E-state index in [9.17, 15) is 22.8 Å². The van der Waals surface area contributed by atoms with Gasteiger partial charge in [0.25, 0.3) is 11.8 Å². The molecule has 2 N–H and O–H groups in total. The third-order valence-electron chi connectivity index (χ3n) is 4.38. The van der Waals surface area contributed by atoms with Crippen LogP contribution in [-0.4, -0.2) is 44.2 Å². The van der Waals surface area contributed by atoms with Crippen molar-refractivity contribution in [1.29, 1.82) is 0 Å². The fourth-order valence-corrected chi connectivity index (χ4v) is 2.69. The summed E-state index contributed by atoms with van der Waals surface area (Å²) in [6.07, 6.45) is -1.70. The van der Waals surface area contributed by atoms with Crippen LogP contribution in [0.5, 0.6) is 5.75 Å². The summed E-state index contributed by atoms with van der Waals surface area (Å²) in [4.78, 5) is 25.3. The van der Waals surface area contributed by atoms with Crippen LogP contribution in [0.4, 0.5) is 24.5 Å². The number of carbonyl (C=O) groups is 2. The summed E-state index contributed by atoms with van der Waals surface area (Å²) in [6, 6.07) is 5.28. The molecule has 12 heteroatoms. The molecular formula is C19H19F3N6O3. The van der Waals surface area contributed by atoms with E-state index >= 15 is 0 Å². The van der Waals surface area contributed by atoms with Gasteiger partial charge in [0.1, 0.15) is 11.4 Å². The van der Waals surface area contributed by atoms with Gasteiger partial charge in [0.15, 0.2) is 6.61 Å². The normalized spacial score (nSPS) is 11.3. The Morgan fingerprint density at radius 3 is 2.32 bits per heavy atom. The average Bonchev–Trinajstić information content (AvgIpc) is 3.22. The maximum absolute atomic E-state index is 12.7. The lowest BCUT2D eigenvalue weighted by molar-refractivity contribution is -0.153. The highest BCUT2D eigenvalue weighted by atomic mass is 19.4. The molecule has 0 aliphatic carbocycles. The predicted molar refractivity (Wildman–Crippen MR) is 105 cm³/mol. The minimum atomic E-state index is -4.50. The van der Waals surface area contributed by atoms with Crippen molar-refractivity contribution in [2.45, 2.75) is 13.1 Å². The van der Waals surface area contributed by atoms with E-state index in [1.54, 1.807) is 18.7 Å². The second kappa shape index (κ2) is 8.50. The highest BCUT2D eigenvalue weighted by Gasteiger charge is 2.28. The zero-order valence-electron chi connectivity index (χ0n) is 16.8. The Balaban J connectivity index is 1.76. The molecule has 2 amide bonds. The lowest BCUT2D eigenvalue weighted by atomic mass is 10.2. The molecule has 3 aromatic rings. The number of benzene rings is 1. The van der Waals surface area contributed by atoms with E-state index in [4.69, 9.17) is 0 Å². The Bertz CT molecular complexity index is 1120.